The van der Waals surface area contributed by atoms with Gasteiger partial charge in [-0.1, -0.05) is 41.4 Å². The number of amides is 1. The quantitative estimate of drug-likeness (QED) is 0.428. The van der Waals surface area contributed by atoms with E-state index < -0.39 is 22.0 Å². The highest BCUT2D eigenvalue weighted by Gasteiger charge is 2.30. The number of nitrogens with zero attached hydrogens (tertiary/aromatic N) is 1. The molecule has 0 aliphatic heterocycles. The number of rotatable bonds is 8. The zero-order valence-corrected chi connectivity index (χ0v) is 20.4. The van der Waals surface area contributed by atoms with Crippen LogP contribution in [0, 0.1) is 0 Å². The van der Waals surface area contributed by atoms with Crippen molar-refractivity contribution < 1.29 is 22.7 Å². The molecule has 0 spiro atoms. The van der Waals surface area contributed by atoms with Gasteiger partial charge in [-0.3, -0.25) is 9.10 Å². The normalized spacial score (nSPS) is 12.0. The van der Waals surface area contributed by atoms with Gasteiger partial charge in [0.15, 0.2) is 5.75 Å². The van der Waals surface area contributed by atoms with Crippen molar-refractivity contribution in [3.63, 3.8) is 0 Å². The molecular weight excluding hydrogens is 487 g/mol. The number of sulfonamides is 1. The molecule has 10 heteroatoms. The molecule has 0 fully saturated rings. The summed E-state index contributed by atoms with van der Waals surface area (Å²) < 4.78 is 37.1. The number of ether oxygens (including phenoxy) is 2. The van der Waals surface area contributed by atoms with Crippen molar-refractivity contribution in [3.8, 4) is 17.2 Å². The molecule has 1 N–H and O–H groups in total. The van der Waals surface area contributed by atoms with Crippen molar-refractivity contribution in [1.29, 1.82) is 0 Å². The average Bonchev–Trinajstić information content (AvgIpc) is 2.75. The molecule has 7 nitrogen and oxygen atoms in total. The smallest absolute Gasteiger partial charge is 0.248 e. The number of benzene rings is 3. The monoisotopic (exact) mass is 508 g/mol. The lowest BCUT2D eigenvalue weighted by molar-refractivity contribution is -0.116. The van der Waals surface area contributed by atoms with E-state index >= 15 is 0 Å². The van der Waals surface area contributed by atoms with E-state index in [0.29, 0.717) is 28.0 Å². The summed E-state index contributed by atoms with van der Waals surface area (Å²) in [5, 5.41) is 3.31. The van der Waals surface area contributed by atoms with Crippen LogP contribution in [0.15, 0.2) is 66.7 Å². The summed E-state index contributed by atoms with van der Waals surface area (Å²) in [4.78, 5) is 13.1. The van der Waals surface area contributed by atoms with E-state index in [1.807, 2.05) is 18.2 Å². The van der Waals surface area contributed by atoms with Gasteiger partial charge in [-0.2, -0.15) is 0 Å². The Morgan fingerprint density at radius 2 is 1.67 bits per heavy atom. The van der Waals surface area contributed by atoms with E-state index in [1.54, 1.807) is 24.3 Å². The van der Waals surface area contributed by atoms with Gasteiger partial charge in [0.2, 0.25) is 15.9 Å². The largest absolute Gasteiger partial charge is 0.495 e. The number of carbonyl (C=O) groups is 1. The molecule has 1 atom stereocenters. The molecule has 3 aromatic carbocycles. The Balaban J connectivity index is 1.91. The Morgan fingerprint density at radius 3 is 2.27 bits per heavy atom. The Kier molecular flexibility index (Phi) is 7.73. The van der Waals surface area contributed by atoms with E-state index in [4.69, 9.17) is 32.7 Å². The molecule has 0 bridgehead atoms. The van der Waals surface area contributed by atoms with Gasteiger partial charge >= 0.3 is 0 Å². The lowest BCUT2D eigenvalue weighted by Crippen LogP contribution is -2.45. The topological polar surface area (TPSA) is 84.9 Å². The summed E-state index contributed by atoms with van der Waals surface area (Å²) in [5.41, 5.74) is 0.516. The third-order valence-corrected chi connectivity index (χ3v) is 6.42. The predicted molar refractivity (Wildman–Crippen MR) is 131 cm³/mol. The second kappa shape index (κ2) is 10.3. The Labute approximate surface area is 202 Å². The lowest BCUT2D eigenvalue weighted by atomic mass is 10.2. The van der Waals surface area contributed by atoms with Gasteiger partial charge in [-0.05, 0) is 55.5 Å². The third-order valence-electron chi connectivity index (χ3n) is 4.65. The van der Waals surface area contributed by atoms with Gasteiger partial charge in [0.05, 0.1) is 29.8 Å². The summed E-state index contributed by atoms with van der Waals surface area (Å²) in [6.07, 6.45) is 1.01. The van der Waals surface area contributed by atoms with Crippen LogP contribution in [0.4, 0.5) is 11.4 Å². The highest BCUT2D eigenvalue weighted by molar-refractivity contribution is 7.92. The number of carbonyl (C=O) groups excluding carboxylic acids is 1. The van der Waals surface area contributed by atoms with Crippen LogP contribution >= 0.6 is 23.2 Å². The zero-order chi connectivity index (χ0) is 24.2. The summed E-state index contributed by atoms with van der Waals surface area (Å²) in [6.45, 7) is 1.47. The first-order valence-electron chi connectivity index (χ1n) is 9.76. The number of halogens is 2. The van der Waals surface area contributed by atoms with Crippen molar-refractivity contribution >= 4 is 50.5 Å². The molecule has 0 unspecified atom stereocenters. The molecule has 174 valence electrons. The van der Waals surface area contributed by atoms with Crippen molar-refractivity contribution in [1.82, 2.24) is 0 Å². The summed E-state index contributed by atoms with van der Waals surface area (Å²) >= 11 is 12.3. The van der Waals surface area contributed by atoms with Crippen LogP contribution in [0.1, 0.15) is 6.92 Å². The van der Waals surface area contributed by atoms with Crippen LogP contribution in [0.2, 0.25) is 10.0 Å². The van der Waals surface area contributed by atoms with Crippen LogP contribution < -0.4 is 19.1 Å². The molecule has 1 amide bonds. The van der Waals surface area contributed by atoms with Crippen molar-refractivity contribution in [2.24, 2.45) is 0 Å². The standard InChI is InChI=1S/C23H22Cl2N2O5S/c1-15(27(33(3,29)30)17-10-12-21(31-2)19(25)14-17)23(28)26-20-13-16(24)9-11-22(20)32-18-7-5-4-6-8-18/h4-15H,1-3H3,(H,26,28)/t15-/m0/s1. The summed E-state index contributed by atoms with van der Waals surface area (Å²) in [5.74, 6) is 0.707. The van der Waals surface area contributed by atoms with Crippen LogP contribution in [0.25, 0.3) is 0 Å². The van der Waals surface area contributed by atoms with Crippen molar-refractivity contribution in [3.05, 3.63) is 76.8 Å². The minimum atomic E-state index is -3.84. The number of methoxy groups -OCH3 is 1. The molecule has 0 heterocycles. The molecule has 3 aromatic rings. The summed E-state index contributed by atoms with van der Waals surface area (Å²) in [6, 6.07) is 17.1. The fourth-order valence-corrected chi connectivity index (χ4v) is 4.73. The fraction of sp³-hybridized carbons (Fsp3) is 0.174. The van der Waals surface area contributed by atoms with Crippen LogP contribution in [-0.2, 0) is 14.8 Å². The maximum absolute atomic E-state index is 13.1. The molecule has 0 saturated carbocycles. The molecule has 0 aromatic heterocycles. The Bertz CT molecular complexity index is 1250. The van der Waals surface area contributed by atoms with Gasteiger partial charge < -0.3 is 14.8 Å². The van der Waals surface area contributed by atoms with E-state index in [2.05, 4.69) is 5.32 Å². The number of para-hydroxylation sites is 1. The summed E-state index contributed by atoms with van der Waals surface area (Å²) in [7, 11) is -2.39. The van der Waals surface area contributed by atoms with E-state index in [0.717, 1.165) is 10.6 Å². The van der Waals surface area contributed by atoms with Crippen LogP contribution in [-0.4, -0.2) is 33.7 Å². The second-order valence-electron chi connectivity index (χ2n) is 7.10. The van der Waals surface area contributed by atoms with E-state index in [1.165, 1.54) is 38.3 Å². The molecule has 0 radical (unpaired) electrons. The molecule has 33 heavy (non-hydrogen) atoms. The predicted octanol–water partition coefficient (Wildman–Crippen LogP) is 5.59. The highest BCUT2D eigenvalue weighted by Crippen LogP contribution is 2.34. The molecule has 0 saturated heterocycles. The van der Waals surface area contributed by atoms with Crippen molar-refractivity contribution in [2.75, 3.05) is 23.0 Å². The van der Waals surface area contributed by atoms with E-state index in [-0.39, 0.29) is 10.7 Å². The maximum atomic E-state index is 13.1. The van der Waals surface area contributed by atoms with Crippen LogP contribution in [0.5, 0.6) is 17.2 Å². The first-order chi connectivity index (χ1) is 15.6. The molecule has 0 aliphatic carbocycles. The number of hydrogen-bond donors (Lipinski definition) is 1. The van der Waals surface area contributed by atoms with E-state index in [9.17, 15) is 13.2 Å². The molecular formula is C23H22Cl2N2O5S. The average molecular weight is 509 g/mol. The zero-order valence-electron chi connectivity index (χ0n) is 18.1. The van der Waals surface area contributed by atoms with Gasteiger partial charge in [-0.15, -0.1) is 0 Å². The number of anilines is 2. The molecule has 0 aliphatic rings. The Morgan fingerprint density at radius 1 is 1.00 bits per heavy atom. The third kappa shape index (κ3) is 6.10. The SMILES string of the molecule is COc1ccc(N([C@@H](C)C(=O)Nc2cc(Cl)ccc2Oc2ccccc2)S(C)(=O)=O)cc1Cl. The van der Waals surface area contributed by atoms with Gasteiger partial charge in [0.1, 0.15) is 17.5 Å². The first kappa shape index (κ1) is 24.7. The Hall–Kier alpha value is -2.94. The fourth-order valence-electron chi connectivity index (χ4n) is 3.14. The molecule has 3 rings (SSSR count). The number of hydrogen-bond acceptors (Lipinski definition) is 5. The minimum Gasteiger partial charge on any atom is -0.495 e. The van der Waals surface area contributed by atoms with Crippen molar-refractivity contribution in [2.45, 2.75) is 13.0 Å². The second-order valence-corrected chi connectivity index (χ2v) is 9.80. The van der Waals surface area contributed by atoms with Gasteiger partial charge in [-0.25, -0.2) is 8.42 Å². The lowest BCUT2D eigenvalue weighted by Gasteiger charge is -2.28. The van der Waals surface area contributed by atoms with Gasteiger partial charge in [0, 0.05) is 5.02 Å². The van der Waals surface area contributed by atoms with Crippen LogP contribution in [0.3, 0.4) is 0 Å². The van der Waals surface area contributed by atoms with Gasteiger partial charge in [0.25, 0.3) is 0 Å². The maximum Gasteiger partial charge on any atom is 0.248 e. The highest BCUT2D eigenvalue weighted by atomic mass is 35.5. The first-order valence-corrected chi connectivity index (χ1v) is 12.4. The number of nitrogens with one attached hydrogen (secondary N) is 1. The minimum absolute atomic E-state index is 0.213.